The van der Waals surface area contributed by atoms with Crippen LogP contribution in [0.4, 0.5) is 0 Å². The van der Waals surface area contributed by atoms with E-state index < -0.39 is 5.54 Å². The van der Waals surface area contributed by atoms with Crippen molar-refractivity contribution < 1.29 is 20.1 Å². The molecule has 0 unspecified atom stereocenters. The Morgan fingerprint density at radius 1 is 0.923 bits per heavy atom. The fraction of sp³-hybridized carbons (Fsp3) is 0.667. The first-order valence-corrected chi connectivity index (χ1v) is 9.13. The maximum atomic E-state index is 12.2. The van der Waals surface area contributed by atoms with Gasteiger partial charge in [-0.25, -0.2) is 0 Å². The number of carbonyl (C=O) groups excluding carboxylic acids is 1. The Morgan fingerprint density at radius 2 is 1.35 bits per heavy atom. The molecule has 0 spiro atoms. The van der Waals surface area contributed by atoms with Crippen LogP contribution in [0, 0.1) is 0 Å². The molecule has 0 aliphatic rings. The van der Waals surface area contributed by atoms with Crippen LogP contribution in [-0.2, 0) is 22.0 Å². The molecule has 0 aromatic heterocycles. The summed E-state index contributed by atoms with van der Waals surface area (Å²) in [6.07, 6.45) is 0.763. The predicted molar refractivity (Wildman–Crippen MR) is 105 cm³/mol. The summed E-state index contributed by atoms with van der Waals surface area (Å²) in [6, 6.07) is 3.93. The van der Waals surface area contributed by atoms with Gasteiger partial charge in [0.15, 0.2) is 0 Å². The summed E-state index contributed by atoms with van der Waals surface area (Å²) in [5, 5.41) is 32.0. The van der Waals surface area contributed by atoms with E-state index in [9.17, 15) is 20.1 Å². The Kier molecular flexibility index (Phi) is 6.88. The van der Waals surface area contributed by atoms with Crippen LogP contribution in [0.1, 0.15) is 71.6 Å². The van der Waals surface area contributed by atoms with E-state index in [-0.39, 0.29) is 36.4 Å². The minimum Gasteiger partial charge on any atom is -0.507 e. The van der Waals surface area contributed by atoms with Gasteiger partial charge in [0, 0.05) is 6.42 Å². The van der Waals surface area contributed by atoms with Gasteiger partial charge in [-0.2, -0.15) is 0 Å². The molecule has 1 aromatic carbocycles. The van der Waals surface area contributed by atoms with Crippen molar-refractivity contribution in [2.45, 2.75) is 77.7 Å². The minimum atomic E-state index is -1.01. The molecule has 26 heavy (non-hydrogen) atoms. The number of rotatable bonds is 6. The Bertz CT molecular complexity index is 599. The summed E-state index contributed by atoms with van der Waals surface area (Å²) in [5.74, 6) is 0.102. The van der Waals surface area contributed by atoms with Crippen LogP contribution in [0.5, 0.6) is 5.75 Å². The molecule has 0 aliphatic carbocycles. The van der Waals surface area contributed by atoms with Crippen LogP contribution >= 0.6 is 0 Å². The Hall–Kier alpha value is -1.59. The van der Waals surface area contributed by atoms with Gasteiger partial charge in [-0.15, -0.1) is 0 Å². The molecular formula is C21H35NO4. The molecule has 148 valence electrons. The van der Waals surface area contributed by atoms with Crippen molar-refractivity contribution >= 4 is 5.91 Å². The lowest BCUT2D eigenvalue weighted by Crippen LogP contribution is -2.51. The highest BCUT2D eigenvalue weighted by atomic mass is 16.3. The van der Waals surface area contributed by atoms with Crippen molar-refractivity contribution in [3.05, 3.63) is 28.8 Å². The molecule has 1 aromatic rings. The lowest BCUT2D eigenvalue weighted by atomic mass is 9.78. The number of aliphatic hydroxyl groups excluding tert-OH is 2. The SMILES string of the molecule is CC(CO)(CO)NC(=O)CCc1cc(C(C)(C)C)c(O)c(C(C)(C)C)c1. The average Bonchev–Trinajstić information content (AvgIpc) is 2.51. The van der Waals surface area contributed by atoms with E-state index in [1.165, 1.54) is 0 Å². The summed E-state index contributed by atoms with van der Waals surface area (Å²) in [7, 11) is 0. The molecule has 5 nitrogen and oxygen atoms in total. The molecule has 1 rings (SSSR count). The van der Waals surface area contributed by atoms with Crippen molar-refractivity contribution in [1.82, 2.24) is 5.32 Å². The molecular weight excluding hydrogens is 330 g/mol. The number of aliphatic hydroxyl groups is 2. The Labute approximate surface area is 157 Å². The number of phenols is 1. The lowest BCUT2D eigenvalue weighted by molar-refractivity contribution is -0.124. The topological polar surface area (TPSA) is 89.8 Å². The summed E-state index contributed by atoms with van der Waals surface area (Å²) >= 11 is 0. The standard InChI is InChI=1S/C21H35NO4/c1-19(2,3)15-10-14(11-16(18(15)26)20(4,5)6)8-9-17(25)22-21(7,12-23)13-24/h10-11,23-24,26H,8-9,12-13H2,1-7H3,(H,22,25). The largest absolute Gasteiger partial charge is 0.507 e. The van der Waals surface area contributed by atoms with Gasteiger partial charge >= 0.3 is 0 Å². The number of carbonyl (C=O) groups is 1. The van der Waals surface area contributed by atoms with Gasteiger partial charge in [-0.1, -0.05) is 53.7 Å². The first-order chi connectivity index (χ1) is 11.7. The third kappa shape index (κ3) is 5.71. The van der Waals surface area contributed by atoms with Gasteiger partial charge < -0.3 is 20.6 Å². The zero-order chi connectivity index (χ0) is 20.3. The van der Waals surface area contributed by atoms with Crippen LogP contribution in [-0.4, -0.2) is 40.0 Å². The fourth-order valence-corrected chi connectivity index (χ4v) is 2.77. The molecule has 0 atom stereocenters. The number of aryl methyl sites for hydroxylation is 1. The molecule has 5 heteroatoms. The van der Waals surface area contributed by atoms with E-state index in [2.05, 4.69) is 46.9 Å². The molecule has 1 amide bonds. The van der Waals surface area contributed by atoms with Crippen LogP contribution < -0.4 is 5.32 Å². The van der Waals surface area contributed by atoms with E-state index in [4.69, 9.17) is 0 Å². The third-order valence-electron chi connectivity index (χ3n) is 4.57. The Balaban J connectivity index is 3.09. The second-order valence-corrected chi connectivity index (χ2v) is 9.46. The molecule has 0 saturated heterocycles. The van der Waals surface area contributed by atoms with E-state index >= 15 is 0 Å². The van der Waals surface area contributed by atoms with Gasteiger partial charge in [0.05, 0.1) is 18.8 Å². The van der Waals surface area contributed by atoms with Gasteiger partial charge in [-0.3, -0.25) is 4.79 Å². The summed E-state index contributed by atoms with van der Waals surface area (Å²) in [5.41, 5.74) is 1.29. The van der Waals surface area contributed by atoms with Gasteiger partial charge in [0.1, 0.15) is 5.75 Å². The van der Waals surface area contributed by atoms with Crippen LogP contribution in [0.15, 0.2) is 12.1 Å². The first-order valence-electron chi connectivity index (χ1n) is 9.13. The van der Waals surface area contributed by atoms with E-state index in [0.29, 0.717) is 12.2 Å². The zero-order valence-corrected chi connectivity index (χ0v) is 17.2. The first kappa shape index (κ1) is 22.5. The Morgan fingerprint density at radius 3 is 1.69 bits per heavy atom. The van der Waals surface area contributed by atoms with Gasteiger partial charge in [-0.05, 0) is 40.9 Å². The zero-order valence-electron chi connectivity index (χ0n) is 17.2. The molecule has 0 saturated carbocycles. The number of benzene rings is 1. The van der Waals surface area contributed by atoms with Crippen LogP contribution in [0.2, 0.25) is 0 Å². The quantitative estimate of drug-likeness (QED) is 0.624. The summed E-state index contributed by atoms with van der Waals surface area (Å²) < 4.78 is 0. The molecule has 0 bridgehead atoms. The number of aromatic hydroxyl groups is 1. The second-order valence-electron chi connectivity index (χ2n) is 9.46. The van der Waals surface area contributed by atoms with Crippen molar-refractivity contribution in [2.24, 2.45) is 0 Å². The predicted octanol–water partition coefficient (Wildman–Crippen LogP) is 2.78. The highest BCUT2D eigenvalue weighted by Gasteiger charge is 2.27. The monoisotopic (exact) mass is 365 g/mol. The molecule has 0 fully saturated rings. The van der Waals surface area contributed by atoms with Crippen molar-refractivity contribution in [1.29, 1.82) is 0 Å². The van der Waals surface area contributed by atoms with Crippen LogP contribution in [0.25, 0.3) is 0 Å². The third-order valence-corrected chi connectivity index (χ3v) is 4.57. The lowest BCUT2D eigenvalue weighted by Gasteiger charge is -2.28. The van der Waals surface area contributed by atoms with E-state index in [0.717, 1.165) is 16.7 Å². The number of nitrogens with one attached hydrogen (secondary N) is 1. The minimum absolute atomic E-state index is 0.214. The van der Waals surface area contributed by atoms with Crippen LogP contribution in [0.3, 0.4) is 0 Å². The number of phenolic OH excluding ortho intramolecular Hbond substituents is 1. The van der Waals surface area contributed by atoms with Gasteiger partial charge in [0.2, 0.25) is 5.91 Å². The highest BCUT2D eigenvalue weighted by Crippen LogP contribution is 2.39. The van der Waals surface area contributed by atoms with Crippen molar-refractivity contribution in [3.8, 4) is 5.75 Å². The van der Waals surface area contributed by atoms with Crippen molar-refractivity contribution in [3.63, 3.8) is 0 Å². The summed E-state index contributed by atoms with van der Waals surface area (Å²) in [4.78, 5) is 12.2. The molecule has 4 N–H and O–H groups in total. The number of hydrogen-bond donors (Lipinski definition) is 4. The smallest absolute Gasteiger partial charge is 0.220 e. The maximum absolute atomic E-state index is 12.2. The molecule has 0 radical (unpaired) electrons. The van der Waals surface area contributed by atoms with E-state index in [1.54, 1.807) is 6.92 Å². The normalized spacial score (nSPS) is 13.0. The van der Waals surface area contributed by atoms with Gasteiger partial charge in [0.25, 0.3) is 0 Å². The highest BCUT2D eigenvalue weighted by molar-refractivity contribution is 5.77. The summed E-state index contributed by atoms with van der Waals surface area (Å²) in [6.45, 7) is 13.3. The second kappa shape index (κ2) is 7.97. The van der Waals surface area contributed by atoms with E-state index in [1.807, 2.05) is 12.1 Å². The molecule has 0 heterocycles. The number of hydrogen-bond acceptors (Lipinski definition) is 4. The fourth-order valence-electron chi connectivity index (χ4n) is 2.77. The van der Waals surface area contributed by atoms with Crippen molar-refractivity contribution in [2.75, 3.05) is 13.2 Å². The number of amides is 1. The molecule has 0 aliphatic heterocycles. The average molecular weight is 366 g/mol. The maximum Gasteiger partial charge on any atom is 0.220 e.